The minimum absolute atomic E-state index is 0. The summed E-state index contributed by atoms with van der Waals surface area (Å²) in [5, 5.41) is 7.09. The zero-order valence-electron chi connectivity index (χ0n) is 18.0. The second-order valence-corrected chi connectivity index (χ2v) is 8.28. The molecule has 27 heavy (non-hydrogen) atoms. The lowest BCUT2D eigenvalue weighted by Crippen LogP contribution is -2.48. The van der Waals surface area contributed by atoms with Crippen molar-refractivity contribution in [3.8, 4) is 0 Å². The normalized spacial score (nSPS) is 23.1. The quantitative estimate of drug-likeness (QED) is 0.223. The first-order valence-electron chi connectivity index (χ1n) is 11.2. The van der Waals surface area contributed by atoms with Crippen molar-refractivity contribution >= 4 is 29.9 Å². The molecule has 0 bridgehead atoms. The first-order valence-corrected chi connectivity index (χ1v) is 11.2. The zero-order valence-corrected chi connectivity index (χ0v) is 20.3. The highest BCUT2D eigenvalue weighted by molar-refractivity contribution is 14.0. The smallest absolute Gasteiger partial charge is 0.191 e. The topological polar surface area (TPSA) is 42.9 Å². The molecular formula is C21H44IN5. The number of nitrogens with zero attached hydrogens (tertiary/aromatic N) is 3. The van der Waals surface area contributed by atoms with Crippen molar-refractivity contribution in [2.75, 3.05) is 52.4 Å². The predicted octanol–water partition coefficient (Wildman–Crippen LogP) is 3.55. The van der Waals surface area contributed by atoms with Crippen molar-refractivity contribution in [3.63, 3.8) is 0 Å². The first kappa shape index (κ1) is 25.0. The molecule has 2 heterocycles. The SMILES string of the molecule is CCCN1CCC(NC(=NCCCCN2CCCC(C)C2)NCC)CC1.I. The van der Waals surface area contributed by atoms with Crippen LogP contribution in [0, 0.1) is 5.92 Å². The molecule has 6 heteroatoms. The Morgan fingerprint density at radius 2 is 1.78 bits per heavy atom. The third kappa shape index (κ3) is 10.3. The molecule has 0 spiro atoms. The van der Waals surface area contributed by atoms with E-state index in [0.717, 1.165) is 25.0 Å². The van der Waals surface area contributed by atoms with E-state index >= 15 is 0 Å². The zero-order chi connectivity index (χ0) is 18.6. The molecule has 0 amide bonds. The maximum Gasteiger partial charge on any atom is 0.191 e. The molecule has 2 N–H and O–H groups in total. The number of halogens is 1. The van der Waals surface area contributed by atoms with E-state index in [0.29, 0.717) is 6.04 Å². The van der Waals surface area contributed by atoms with Gasteiger partial charge in [-0.1, -0.05) is 13.8 Å². The molecular weight excluding hydrogens is 449 g/mol. The molecule has 0 radical (unpaired) electrons. The van der Waals surface area contributed by atoms with Gasteiger partial charge in [-0.05, 0) is 77.4 Å². The Hall–Kier alpha value is -0.0800. The lowest BCUT2D eigenvalue weighted by atomic mass is 10.0. The van der Waals surface area contributed by atoms with E-state index in [4.69, 9.17) is 4.99 Å². The van der Waals surface area contributed by atoms with Crippen LogP contribution in [0.2, 0.25) is 0 Å². The van der Waals surface area contributed by atoms with E-state index in [-0.39, 0.29) is 24.0 Å². The van der Waals surface area contributed by atoms with Crippen LogP contribution in [-0.2, 0) is 0 Å². The van der Waals surface area contributed by atoms with Crippen molar-refractivity contribution in [3.05, 3.63) is 0 Å². The van der Waals surface area contributed by atoms with Gasteiger partial charge in [-0.3, -0.25) is 4.99 Å². The molecule has 160 valence electrons. The summed E-state index contributed by atoms with van der Waals surface area (Å²) in [4.78, 5) is 10.1. The average molecular weight is 494 g/mol. The fraction of sp³-hybridized carbons (Fsp3) is 0.952. The lowest BCUT2D eigenvalue weighted by molar-refractivity contribution is 0.181. The van der Waals surface area contributed by atoms with Gasteiger partial charge in [0.15, 0.2) is 5.96 Å². The maximum atomic E-state index is 4.82. The van der Waals surface area contributed by atoms with E-state index in [1.165, 1.54) is 84.2 Å². The monoisotopic (exact) mass is 493 g/mol. The van der Waals surface area contributed by atoms with E-state index in [1.54, 1.807) is 0 Å². The third-order valence-corrected chi connectivity index (χ3v) is 5.71. The van der Waals surface area contributed by atoms with Crippen molar-refractivity contribution in [1.29, 1.82) is 0 Å². The second kappa shape index (κ2) is 14.9. The van der Waals surface area contributed by atoms with Gasteiger partial charge in [-0.2, -0.15) is 0 Å². The van der Waals surface area contributed by atoms with Crippen LogP contribution >= 0.6 is 24.0 Å². The van der Waals surface area contributed by atoms with Gasteiger partial charge in [-0.15, -0.1) is 24.0 Å². The summed E-state index contributed by atoms with van der Waals surface area (Å²) in [6, 6.07) is 0.579. The van der Waals surface area contributed by atoms with Crippen LogP contribution in [0.4, 0.5) is 0 Å². The fourth-order valence-corrected chi connectivity index (χ4v) is 4.26. The summed E-state index contributed by atoms with van der Waals surface area (Å²) in [7, 11) is 0. The molecule has 0 aromatic carbocycles. The van der Waals surface area contributed by atoms with Gasteiger partial charge < -0.3 is 20.4 Å². The lowest BCUT2D eigenvalue weighted by Gasteiger charge is -2.32. The molecule has 2 rings (SSSR count). The average Bonchev–Trinajstić information content (AvgIpc) is 2.63. The fourth-order valence-electron chi connectivity index (χ4n) is 4.26. The summed E-state index contributed by atoms with van der Waals surface area (Å²) in [5.74, 6) is 1.91. The number of nitrogens with one attached hydrogen (secondary N) is 2. The number of guanidine groups is 1. The molecule has 0 aromatic rings. The van der Waals surface area contributed by atoms with Crippen LogP contribution in [0.25, 0.3) is 0 Å². The third-order valence-electron chi connectivity index (χ3n) is 5.71. The predicted molar refractivity (Wildman–Crippen MR) is 128 cm³/mol. The summed E-state index contributed by atoms with van der Waals surface area (Å²) < 4.78 is 0. The largest absolute Gasteiger partial charge is 0.357 e. The van der Waals surface area contributed by atoms with Crippen molar-refractivity contribution in [1.82, 2.24) is 20.4 Å². The summed E-state index contributed by atoms with van der Waals surface area (Å²) in [6.45, 7) is 16.2. The van der Waals surface area contributed by atoms with E-state index in [9.17, 15) is 0 Å². The Morgan fingerprint density at radius 3 is 2.44 bits per heavy atom. The first-order chi connectivity index (χ1) is 12.7. The van der Waals surface area contributed by atoms with Gasteiger partial charge in [0.1, 0.15) is 0 Å². The highest BCUT2D eigenvalue weighted by Crippen LogP contribution is 2.15. The van der Waals surface area contributed by atoms with Crippen molar-refractivity contribution in [2.45, 2.75) is 71.8 Å². The number of unbranched alkanes of at least 4 members (excludes halogenated alkanes) is 1. The van der Waals surface area contributed by atoms with Gasteiger partial charge in [-0.25, -0.2) is 0 Å². The van der Waals surface area contributed by atoms with Gasteiger partial charge in [0, 0.05) is 38.8 Å². The summed E-state index contributed by atoms with van der Waals surface area (Å²) in [5.41, 5.74) is 0. The van der Waals surface area contributed by atoms with Gasteiger partial charge in [0.05, 0.1) is 0 Å². The van der Waals surface area contributed by atoms with Crippen LogP contribution in [0.3, 0.4) is 0 Å². The molecule has 0 saturated carbocycles. The van der Waals surface area contributed by atoms with Crippen molar-refractivity contribution < 1.29 is 0 Å². The number of hydrogen-bond donors (Lipinski definition) is 2. The number of piperidine rings is 2. The summed E-state index contributed by atoms with van der Waals surface area (Å²) >= 11 is 0. The molecule has 0 aliphatic carbocycles. The van der Waals surface area contributed by atoms with Crippen LogP contribution in [0.5, 0.6) is 0 Å². The Bertz CT molecular complexity index is 396. The van der Waals surface area contributed by atoms with Gasteiger partial charge in [0.25, 0.3) is 0 Å². The number of hydrogen-bond acceptors (Lipinski definition) is 3. The van der Waals surface area contributed by atoms with Crippen LogP contribution in [-0.4, -0.2) is 74.2 Å². The number of aliphatic imine (C=N–C) groups is 1. The maximum absolute atomic E-state index is 4.82. The Labute approximate surface area is 185 Å². The second-order valence-electron chi connectivity index (χ2n) is 8.28. The molecule has 2 saturated heterocycles. The Balaban J connectivity index is 0.00000364. The van der Waals surface area contributed by atoms with Gasteiger partial charge >= 0.3 is 0 Å². The molecule has 1 unspecified atom stereocenters. The van der Waals surface area contributed by atoms with Gasteiger partial charge in [0.2, 0.25) is 0 Å². The summed E-state index contributed by atoms with van der Waals surface area (Å²) in [6.07, 6.45) is 8.98. The van der Waals surface area contributed by atoms with E-state index in [2.05, 4.69) is 41.2 Å². The van der Waals surface area contributed by atoms with Crippen molar-refractivity contribution in [2.24, 2.45) is 10.9 Å². The molecule has 2 aliphatic rings. The molecule has 0 aromatic heterocycles. The molecule has 5 nitrogen and oxygen atoms in total. The molecule has 1 atom stereocenters. The number of rotatable bonds is 9. The standard InChI is InChI=1S/C21H43N5.HI/c1-4-13-25-16-10-20(11-17-25)24-21(22-5-2)23-12-6-7-14-26-15-8-9-19(3)18-26;/h19-20H,4-18H2,1-3H3,(H2,22,23,24);1H. The number of likely N-dealkylation sites (tertiary alicyclic amines) is 2. The van der Waals surface area contributed by atoms with E-state index in [1.807, 2.05) is 0 Å². The highest BCUT2D eigenvalue weighted by Gasteiger charge is 2.19. The highest BCUT2D eigenvalue weighted by atomic mass is 127. The van der Waals surface area contributed by atoms with Crippen LogP contribution in [0.15, 0.2) is 4.99 Å². The molecule has 2 fully saturated rings. The minimum Gasteiger partial charge on any atom is -0.357 e. The van der Waals surface area contributed by atoms with E-state index < -0.39 is 0 Å². The Morgan fingerprint density at radius 1 is 1.00 bits per heavy atom. The van der Waals surface area contributed by atoms with Crippen LogP contribution in [0.1, 0.15) is 65.7 Å². The molecule has 2 aliphatic heterocycles. The van der Waals surface area contributed by atoms with Crippen LogP contribution < -0.4 is 10.6 Å². The minimum atomic E-state index is 0. The Kier molecular flexibility index (Phi) is 13.7.